The molecule has 0 aromatic rings. The van der Waals surface area contributed by atoms with E-state index in [9.17, 15) is 5.11 Å². The molecule has 1 saturated heterocycles. The highest BCUT2D eigenvalue weighted by Gasteiger charge is 2.40. The van der Waals surface area contributed by atoms with E-state index >= 15 is 0 Å². The molecule has 4 nitrogen and oxygen atoms in total. The summed E-state index contributed by atoms with van der Waals surface area (Å²) in [5.74, 6) is 0. The molecule has 0 saturated carbocycles. The van der Waals surface area contributed by atoms with Gasteiger partial charge in [-0.15, -0.1) is 0 Å². The normalized spacial score (nSPS) is 22.4. The number of hydrogen-bond acceptors (Lipinski definition) is 4. The van der Waals surface area contributed by atoms with Crippen LogP contribution in [0.2, 0.25) is 0 Å². The minimum atomic E-state index is -0.453. The summed E-state index contributed by atoms with van der Waals surface area (Å²) in [6, 6.07) is 0. The molecule has 4 heteroatoms. The summed E-state index contributed by atoms with van der Waals surface area (Å²) in [5.41, 5.74) is -0.622. The lowest BCUT2D eigenvalue weighted by Gasteiger charge is -2.40. The third-order valence-corrected chi connectivity index (χ3v) is 3.93. The van der Waals surface area contributed by atoms with Crippen molar-refractivity contribution < 1.29 is 19.3 Å². The first-order valence-electron chi connectivity index (χ1n) is 6.32. The van der Waals surface area contributed by atoms with E-state index in [1.165, 1.54) is 0 Å². The molecule has 1 aliphatic heterocycles. The largest absolute Gasteiger partial charge is 0.390 e. The number of methoxy groups -OCH3 is 2. The number of rotatable bonds is 6. The maximum Gasteiger partial charge on any atom is 0.0980 e. The molecule has 102 valence electrons. The van der Waals surface area contributed by atoms with Gasteiger partial charge in [0.25, 0.3) is 0 Å². The Bertz CT molecular complexity index is 221. The molecule has 0 aromatic carbocycles. The highest BCUT2D eigenvalue weighted by Crippen LogP contribution is 2.31. The fourth-order valence-corrected chi connectivity index (χ4v) is 2.24. The Hall–Kier alpha value is -0.160. The van der Waals surface area contributed by atoms with Crippen molar-refractivity contribution in [3.8, 4) is 0 Å². The van der Waals surface area contributed by atoms with Crippen molar-refractivity contribution in [3.63, 3.8) is 0 Å². The van der Waals surface area contributed by atoms with Crippen molar-refractivity contribution in [2.75, 3.05) is 27.4 Å². The molecule has 0 spiro atoms. The van der Waals surface area contributed by atoms with Gasteiger partial charge in [0, 0.05) is 40.3 Å². The van der Waals surface area contributed by atoms with E-state index in [0.29, 0.717) is 19.6 Å². The summed E-state index contributed by atoms with van der Waals surface area (Å²) in [5, 5.41) is 10.3. The van der Waals surface area contributed by atoms with E-state index in [-0.39, 0.29) is 5.60 Å². The number of ether oxygens (including phenoxy) is 3. The molecule has 1 fully saturated rings. The van der Waals surface area contributed by atoms with Crippen LogP contribution in [0.4, 0.5) is 0 Å². The molecular weight excluding hydrogens is 220 g/mol. The summed E-state index contributed by atoms with van der Waals surface area (Å²) in [6.45, 7) is 5.39. The van der Waals surface area contributed by atoms with Gasteiger partial charge in [0.15, 0.2) is 0 Å². The number of hydrogen-bond donors (Lipinski definition) is 1. The second-order valence-electron chi connectivity index (χ2n) is 5.40. The quantitative estimate of drug-likeness (QED) is 0.775. The number of aliphatic hydroxyl groups excluding tert-OH is 1. The van der Waals surface area contributed by atoms with E-state index in [1.54, 1.807) is 14.2 Å². The van der Waals surface area contributed by atoms with Crippen LogP contribution in [0.1, 0.15) is 39.5 Å². The molecule has 17 heavy (non-hydrogen) atoms. The van der Waals surface area contributed by atoms with Crippen LogP contribution in [-0.2, 0) is 14.2 Å². The van der Waals surface area contributed by atoms with Crippen molar-refractivity contribution in [1.82, 2.24) is 0 Å². The highest BCUT2D eigenvalue weighted by atomic mass is 16.5. The lowest BCUT2D eigenvalue weighted by atomic mass is 9.84. The predicted octanol–water partition coefficient (Wildman–Crippen LogP) is 1.75. The maximum absolute atomic E-state index is 10.3. The van der Waals surface area contributed by atoms with Gasteiger partial charge in [0.2, 0.25) is 0 Å². The molecule has 1 heterocycles. The average Bonchev–Trinajstić information content (AvgIpc) is 2.37. The Labute approximate surface area is 104 Å². The SMILES string of the molecule is COC(C)(C)CCC(O)C1(OC)CCOCC1. The van der Waals surface area contributed by atoms with Gasteiger partial charge in [-0.25, -0.2) is 0 Å². The predicted molar refractivity (Wildman–Crippen MR) is 66.1 cm³/mol. The highest BCUT2D eigenvalue weighted by molar-refractivity contribution is 4.91. The molecule has 0 aromatic heterocycles. The molecule has 1 atom stereocenters. The number of aliphatic hydroxyl groups is 1. The van der Waals surface area contributed by atoms with Crippen LogP contribution in [0.15, 0.2) is 0 Å². The zero-order chi connectivity index (χ0) is 12.9. The van der Waals surface area contributed by atoms with Gasteiger partial charge in [-0.3, -0.25) is 0 Å². The van der Waals surface area contributed by atoms with Crippen molar-refractivity contribution in [2.45, 2.75) is 56.8 Å². The van der Waals surface area contributed by atoms with Crippen molar-refractivity contribution in [1.29, 1.82) is 0 Å². The van der Waals surface area contributed by atoms with Gasteiger partial charge in [-0.05, 0) is 26.7 Å². The Morgan fingerprint density at radius 1 is 1.29 bits per heavy atom. The summed E-state index contributed by atoms with van der Waals surface area (Å²) in [6.07, 6.45) is 2.58. The Morgan fingerprint density at radius 3 is 2.35 bits per heavy atom. The van der Waals surface area contributed by atoms with Gasteiger partial charge in [0.1, 0.15) is 0 Å². The van der Waals surface area contributed by atoms with Gasteiger partial charge in [0.05, 0.1) is 17.3 Å². The molecule has 1 rings (SSSR count). The van der Waals surface area contributed by atoms with Crippen LogP contribution in [0.5, 0.6) is 0 Å². The first-order valence-corrected chi connectivity index (χ1v) is 6.32. The molecule has 1 N–H and O–H groups in total. The van der Waals surface area contributed by atoms with Gasteiger partial charge < -0.3 is 19.3 Å². The minimum absolute atomic E-state index is 0.193. The molecule has 0 amide bonds. The van der Waals surface area contributed by atoms with Crippen LogP contribution >= 0.6 is 0 Å². The molecule has 0 radical (unpaired) electrons. The topological polar surface area (TPSA) is 47.9 Å². The zero-order valence-electron chi connectivity index (χ0n) is 11.5. The van der Waals surface area contributed by atoms with Crippen LogP contribution in [0.25, 0.3) is 0 Å². The van der Waals surface area contributed by atoms with Gasteiger partial charge >= 0.3 is 0 Å². The minimum Gasteiger partial charge on any atom is -0.390 e. The zero-order valence-corrected chi connectivity index (χ0v) is 11.5. The fraction of sp³-hybridized carbons (Fsp3) is 1.00. The third-order valence-electron chi connectivity index (χ3n) is 3.93. The second kappa shape index (κ2) is 6.14. The third kappa shape index (κ3) is 3.91. The Balaban J connectivity index is 2.51. The van der Waals surface area contributed by atoms with Crippen LogP contribution in [-0.4, -0.2) is 49.8 Å². The lowest BCUT2D eigenvalue weighted by molar-refractivity contribution is -0.157. The Morgan fingerprint density at radius 2 is 1.88 bits per heavy atom. The first-order chi connectivity index (χ1) is 7.96. The van der Waals surface area contributed by atoms with Crippen molar-refractivity contribution in [2.24, 2.45) is 0 Å². The molecule has 0 aliphatic carbocycles. The van der Waals surface area contributed by atoms with E-state index in [1.807, 2.05) is 13.8 Å². The van der Waals surface area contributed by atoms with E-state index in [0.717, 1.165) is 19.3 Å². The fourth-order valence-electron chi connectivity index (χ4n) is 2.24. The lowest BCUT2D eigenvalue weighted by Crippen LogP contribution is -2.49. The van der Waals surface area contributed by atoms with E-state index in [2.05, 4.69) is 0 Å². The van der Waals surface area contributed by atoms with E-state index < -0.39 is 11.7 Å². The average molecular weight is 246 g/mol. The second-order valence-corrected chi connectivity index (χ2v) is 5.40. The monoisotopic (exact) mass is 246 g/mol. The molecule has 1 aliphatic rings. The molecule has 1 unspecified atom stereocenters. The van der Waals surface area contributed by atoms with Crippen LogP contribution < -0.4 is 0 Å². The maximum atomic E-state index is 10.3. The smallest absolute Gasteiger partial charge is 0.0980 e. The first kappa shape index (κ1) is 14.9. The van der Waals surface area contributed by atoms with Crippen molar-refractivity contribution in [3.05, 3.63) is 0 Å². The van der Waals surface area contributed by atoms with E-state index in [4.69, 9.17) is 14.2 Å². The summed E-state index contributed by atoms with van der Waals surface area (Å²) in [4.78, 5) is 0. The molecule has 0 bridgehead atoms. The Kier molecular flexibility index (Phi) is 5.38. The van der Waals surface area contributed by atoms with Crippen LogP contribution in [0.3, 0.4) is 0 Å². The summed E-state index contributed by atoms with van der Waals surface area (Å²) >= 11 is 0. The van der Waals surface area contributed by atoms with Crippen molar-refractivity contribution >= 4 is 0 Å². The van der Waals surface area contributed by atoms with Gasteiger partial charge in [-0.2, -0.15) is 0 Å². The summed E-state index contributed by atoms with van der Waals surface area (Å²) in [7, 11) is 3.38. The molecular formula is C13H26O4. The summed E-state index contributed by atoms with van der Waals surface area (Å²) < 4.78 is 16.3. The van der Waals surface area contributed by atoms with Crippen LogP contribution in [0, 0.1) is 0 Å². The standard InChI is InChI=1S/C13H26O4/c1-12(2,15-3)6-5-11(14)13(16-4)7-9-17-10-8-13/h11,14H,5-10H2,1-4H3. The van der Waals surface area contributed by atoms with Gasteiger partial charge in [-0.1, -0.05) is 0 Å².